The highest BCUT2D eigenvalue weighted by atomic mass is 16.3. The molecule has 4 rings (SSSR count). The van der Waals surface area contributed by atoms with E-state index in [1.807, 2.05) is 0 Å². The van der Waals surface area contributed by atoms with Crippen LogP contribution in [0.1, 0.15) is 65.2 Å². The smallest absolute Gasteiger partial charge is 0.139 e. The zero-order chi connectivity index (χ0) is 16.6. The quantitative estimate of drug-likeness (QED) is 0.696. The summed E-state index contributed by atoms with van der Waals surface area (Å²) < 4.78 is 0. The minimum Gasteiger partial charge on any atom is -0.384 e. The van der Waals surface area contributed by atoms with Gasteiger partial charge < -0.3 is 5.11 Å². The predicted octanol–water partition coefficient (Wildman–Crippen LogP) is 3.45. The molecule has 4 fully saturated rings. The molecule has 4 saturated carbocycles. The first kappa shape index (κ1) is 15.6. The van der Waals surface area contributed by atoms with Gasteiger partial charge in [0.05, 0.1) is 5.60 Å². The molecule has 1 N–H and O–H groups in total. The van der Waals surface area contributed by atoms with Crippen molar-refractivity contribution in [2.24, 2.45) is 28.6 Å². The van der Waals surface area contributed by atoms with Gasteiger partial charge in [-0.1, -0.05) is 20.4 Å². The summed E-state index contributed by atoms with van der Waals surface area (Å²) in [5.74, 6) is 1.91. The van der Waals surface area contributed by atoms with Crippen molar-refractivity contribution in [1.29, 1.82) is 0 Å². The van der Waals surface area contributed by atoms with Crippen molar-refractivity contribution in [2.45, 2.75) is 70.8 Å². The molecule has 0 aromatic rings. The van der Waals surface area contributed by atoms with Gasteiger partial charge >= 0.3 is 0 Å². The second-order valence-electron chi connectivity index (χ2n) is 9.10. The molecule has 0 heterocycles. The van der Waals surface area contributed by atoms with Crippen LogP contribution in [0.4, 0.5) is 0 Å². The van der Waals surface area contributed by atoms with Crippen LogP contribution in [0, 0.1) is 28.6 Å². The van der Waals surface area contributed by atoms with E-state index in [2.05, 4.69) is 20.4 Å². The lowest BCUT2D eigenvalue weighted by molar-refractivity contribution is -0.177. The summed E-state index contributed by atoms with van der Waals surface area (Å²) in [6.07, 6.45) is 6.04. The fourth-order valence-electron chi connectivity index (χ4n) is 6.79. The molecule has 4 aliphatic rings. The van der Waals surface area contributed by atoms with Gasteiger partial charge in [0, 0.05) is 30.1 Å². The highest BCUT2D eigenvalue weighted by molar-refractivity contribution is 5.87. The molecule has 4 aliphatic carbocycles. The number of fused-ring (bicyclic) bond motifs is 5. The van der Waals surface area contributed by atoms with E-state index in [0.29, 0.717) is 30.0 Å². The molecule has 3 heteroatoms. The van der Waals surface area contributed by atoms with Crippen molar-refractivity contribution in [3.63, 3.8) is 0 Å². The third kappa shape index (κ3) is 1.75. The fourth-order valence-corrected chi connectivity index (χ4v) is 6.79. The minimum atomic E-state index is -1.03. The van der Waals surface area contributed by atoms with Crippen LogP contribution in [0.15, 0.2) is 12.2 Å². The first-order valence-electron chi connectivity index (χ1n) is 9.18. The monoisotopic (exact) mass is 316 g/mol. The molecule has 126 valence electrons. The van der Waals surface area contributed by atoms with Crippen LogP contribution >= 0.6 is 0 Å². The summed E-state index contributed by atoms with van der Waals surface area (Å²) in [6.45, 7) is 8.56. The molecule has 6 atom stereocenters. The molecule has 0 aromatic carbocycles. The van der Waals surface area contributed by atoms with Gasteiger partial charge in [-0.2, -0.15) is 0 Å². The lowest BCUT2D eigenvalue weighted by Crippen LogP contribution is -2.63. The van der Waals surface area contributed by atoms with E-state index in [9.17, 15) is 14.7 Å². The molecule has 0 spiro atoms. The second kappa shape index (κ2) is 4.56. The standard InChI is InChI=1S/C20H28O3/c1-12-10-14-15-4-5-17(22)18(15,2)8-7-16(14)19(3)9-6-13(21)11-20(12,19)23/h14-16,23H,1,4-11H2,2-3H3/t14?,15?,16?,18-,19+,20-/m0/s1. The molecule has 0 amide bonds. The van der Waals surface area contributed by atoms with E-state index in [1.54, 1.807) is 0 Å². The van der Waals surface area contributed by atoms with Crippen LogP contribution in [0.25, 0.3) is 0 Å². The predicted molar refractivity (Wildman–Crippen MR) is 87.7 cm³/mol. The molecule has 23 heavy (non-hydrogen) atoms. The van der Waals surface area contributed by atoms with Crippen molar-refractivity contribution >= 4 is 11.6 Å². The van der Waals surface area contributed by atoms with Crippen molar-refractivity contribution in [3.8, 4) is 0 Å². The Morgan fingerprint density at radius 3 is 2.57 bits per heavy atom. The summed E-state index contributed by atoms with van der Waals surface area (Å²) in [4.78, 5) is 24.4. The van der Waals surface area contributed by atoms with E-state index in [1.165, 1.54) is 0 Å². The highest BCUT2D eigenvalue weighted by Gasteiger charge is 2.65. The number of carbonyl (C=O) groups is 2. The topological polar surface area (TPSA) is 54.4 Å². The maximum absolute atomic E-state index is 12.4. The van der Waals surface area contributed by atoms with Crippen LogP contribution in [0.5, 0.6) is 0 Å². The van der Waals surface area contributed by atoms with Gasteiger partial charge in [0.25, 0.3) is 0 Å². The number of aliphatic hydroxyl groups is 1. The molecule has 0 aromatic heterocycles. The van der Waals surface area contributed by atoms with Crippen molar-refractivity contribution in [2.75, 3.05) is 0 Å². The van der Waals surface area contributed by atoms with Gasteiger partial charge in [-0.3, -0.25) is 9.59 Å². The summed E-state index contributed by atoms with van der Waals surface area (Å²) in [5.41, 5.74) is -0.594. The fraction of sp³-hybridized carbons (Fsp3) is 0.800. The zero-order valence-corrected chi connectivity index (χ0v) is 14.4. The number of hydrogen-bond acceptors (Lipinski definition) is 3. The van der Waals surface area contributed by atoms with Gasteiger partial charge in [-0.05, 0) is 55.4 Å². The van der Waals surface area contributed by atoms with E-state index >= 15 is 0 Å². The number of Topliss-reactive ketones (excluding diaryl/α,β-unsaturated/α-hetero) is 2. The van der Waals surface area contributed by atoms with Crippen LogP contribution in [-0.2, 0) is 9.59 Å². The van der Waals surface area contributed by atoms with Crippen molar-refractivity contribution in [1.82, 2.24) is 0 Å². The molecular formula is C20H28O3. The van der Waals surface area contributed by atoms with Crippen LogP contribution in [-0.4, -0.2) is 22.3 Å². The largest absolute Gasteiger partial charge is 0.384 e. The van der Waals surface area contributed by atoms with E-state index in [0.717, 1.165) is 44.1 Å². The first-order chi connectivity index (χ1) is 10.7. The molecule has 3 unspecified atom stereocenters. The molecule has 0 bridgehead atoms. The number of ketones is 2. The Labute approximate surface area is 138 Å². The van der Waals surface area contributed by atoms with Crippen molar-refractivity contribution in [3.05, 3.63) is 12.2 Å². The Hall–Kier alpha value is -0.960. The SMILES string of the molecule is C=C1CC2C3CCC(=O)[C@@]3(C)CCC2[C@@]2(C)CCC(=O)C[C@]12O. The van der Waals surface area contributed by atoms with Gasteiger partial charge in [0.2, 0.25) is 0 Å². The lowest BCUT2D eigenvalue weighted by Gasteiger charge is -2.63. The van der Waals surface area contributed by atoms with Crippen LogP contribution in [0.2, 0.25) is 0 Å². The number of carbonyl (C=O) groups excluding carboxylic acids is 2. The molecular weight excluding hydrogens is 288 g/mol. The van der Waals surface area contributed by atoms with Crippen molar-refractivity contribution < 1.29 is 14.7 Å². The number of rotatable bonds is 0. The van der Waals surface area contributed by atoms with E-state index in [4.69, 9.17) is 0 Å². The highest BCUT2D eigenvalue weighted by Crippen LogP contribution is 2.67. The summed E-state index contributed by atoms with van der Waals surface area (Å²) in [6, 6.07) is 0. The third-order valence-electron chi connectivity index (χ3n) is 8.35. The average Bonchev–Trinajstić information content (AvgIpc) is 2.79. The molecule has 0 saturated heterocycles. The van der Waals surface area contributed by atoms with Gasteiger partial charge in [0.1, 0.15) is 11.6 Å². The zero-order valence-electron chi connectivity index (χ0n) is 14.4. The third-order valence-corrected chi connectivity index (χ3v) is 8.35. The van der Waals surface area contributed by atoms with Crippen LogP contribution < -0.4 is 0 Å². The Balaban J connectivity index is 1.75. The lowest BCUT2D eigenvalue weighted by atomic mass is 9.43. The molecule has 0 aliphatic heterocycles. The Morgan fingerprint density at radius 2 is 1.83 bits per heavy atom. The minimum absolute atomic E-state index is 0.155. The van der Waals surface area contributed by atoms with E-state index < -0.39 is 5.60 Å². The normalized spacial score (nSPS) is 52.8. The molecule has 3 nitrogen and oxygen atoms in total. The van der Waals surface area contributed by atoms with Gasteiger partial charge in [-0.15, -0.1) is 0 Å². The Morgan fingerprint density at radius 1 is 1.09 bits per heavy atom. The number of hydrogen-bond donors (Lipinski definition) is 1. The Kier molecular flexibility index (Phi) is 3.09. The first-order valence-corrected chi connectivity index (χ1v) is 9.18. The second-order valence-corrected chi connectivity index (χ2v) is 9.10. The Bertz CT molecular complexity index is 608. The van der Waals surface area contributed by atoms with Gasteiger partial charge in [0.15, 0.2) is 0 Å². The average molecular weight is 316 g/mol. The maximum atomic E-state index is 12.4. The maximum Gasteiger partial charge on any atom is 0.139 e. The summed E-state index contributed by atoms with van der Waals surface area (Å²) in [7, 11) is 0. The van der Waals surface area contributed by atoms with E-state index in [-0.39, 0.29) is 23.0 Å². The summed E-state index contributed by atoms with van der Waals surface area (Å²) in [5, 5.41) is 11.4. The van der Waals surface area contributed by atoms with Crippen LogP contribution in [0.3, 0.4) is 0 Å². The summed E-state index contributed by atoms with van der Waals surface area (Å²) >= 11 is 0. The van der Waals surface area contributed by atoms with Gasteiger partial charge in [-0.25, -0.2) is 0 Å². The molecule has 0 radical (unpaired) electrons.